The minimum Gasteiger partial charge on any atom is -0.352 e. The van der Waals surface area contributed by atoms with Crippen molar-refractivity contribution < 1.29 is 14.0 Å². The van der Waals surface area contributed by atoms with Crippen LogP contribution in [0.5, 0.6) is 0 Å². The van der Waals surface area contributed by atoms with E-state index in [1.54, 1.807) is 28.4 Å². The number of likely N-dealkylation sites (tertiary alicyclic amines) is 1. The summed E-state index contributed by atoms with van der Waals surface area (Å²) in [6, 6.07) is 14.5. The minimum absolute atomic E-state index is 0.0104. The average molecular weight is 396 g/mol. The number of rotatable bonds is 5. The van der Waals surface area contributed by atoms with Crippen molar-refractivity contribution in [3.63, 3.8) is 0 Å². The quantitative estimate of drug-likeness (QED) is 0.706. The average Bonchev–Trinajstić information content (AvgIpc) is 3.16. The van der Waals surface area contributed by atoms with Crippen LogP contribution in [-0.2, 0) is 22.7 Å². The van der Waals surface area contributed by atoms with Crippen molar-refractivity contribution >= 4 is 33.2 Å². The number of amides is 2. The Balaban J connectivity index is 1.36. The van der Waals surface area contributed by atoms with E-state index in [1.165, 1.54) is 22.2 Å². The van der Waals surface area contributed by atoms with Gasteiger partial charge in [-0.25, -0.2) is 4.39 Å². The molecule has 1 aliphatic rings. The SMILES string of the molecule is O=C(NCc1ccc2sccc2c1)[C@H]1CCC(=O)N(Cc2cccc(F)c2)C1. The summed E-state index contributed by atoms with van der Waals surface area (Å²) in [5.41, 5.74) is 1.79. The summed E-state index contributed by atoms with van der Waals surface area (Å²) in [5, 5.41) is 6.24. The summed E-state index contributed by atoms with van der Waals surface area (Å²) >= 11 is 1.70. The fourth-order valence-corrected chi connectivity index (χ4v) is 4.37. The molecule has 0 radical (unpaired) electrons. The van der Waals surface area contributed by atoms with E-state index in [4.69, 9.17) is 0 Å². The van der Waals surface area contributed by atoms with E-state index in [0.29, 0.717) is 32.5 Å². The molecule has 28 heavy (non-hydrogen) atoms. The van der Waals surface area contributed by atoms with Gasteiger partial charge in [0.05, 0.1) is 5.92 Å². The van der Waals surface area contributed by atoms with Crippen molar-refractivity contribution in [3.05, 3.63) is 70.9 Å². The molecular weight excluding hydrogens is 375 g/mol. The number of hydrogen-bond donors (Lipinski definition) is 1. The highest BCUT2D eigenvalue weighted by Gasteiger charge is 2.30. The van der Waals surface area contributed by atoms with Gasteiger partial charge in [-0.1, -0.05) is 18.2 Å². The number of thiophene rings is 1. The Kier molecular flexibility index (Phi) is 5.39. The summed E-state index contributed by atoms with van der Waals surface area (Å²) in [6.45, 7) is 1.17. The fraction of sp³-hybridized carbons (Fsp3) is 0.273. The number of carbonyl (C=O) groups excluding carboxylic acids is 2. The number of carbonyl (C=O) groups is 2. The van der Waals surface area contributed by atoms with Gasteiger partial charge in [0.15, 0.2) is 0 Å². The summed E-state index contributed by atoms with van der Waals surface area (Å²) in [5.74, 6) is -0.589. The molecule has 0 spiro atoms. The first-order valence-corrected chi connectivity index (χ1v) is 10.2. The molecule has 6 heteroatoms. The Morgan fingerprint density at radius 3 is 2.93 bits per heavy atom. The lowest BCUT2D eigenvalue weighted by Gasteiger charge is -2.32. The van der Waals surface area contributed by atoms with Crippen molar-refractivity contribution in [3.8, 4) is 0 Å². The maximum atomic E-state index is 13.4. The zero-order chi connectivity index (χ0) is 19.5. The Bertz CT molecular complexity index is 1020. The van der Waals surface area contributed by atoms with Crippen LogP contribution in [0, 0.1) is 11.7 Å². The third kappa shape index (κ3) is 4.22. The van der Waals surface area contributed by atoms with E-state index in [0.717, 1.165) is 11.1 Å². The van der Waals surface area contributed by atoms with E-state index in [9.17, 15) is 14.0 Å². The molecule has 1 aromatic heterocycles. The zero-order valence-corrected chi connectivity index (χ0v) is 16.2. The predicted molar refractivity (Wildman–Crippen MR) is 108 cm³/mol. The molecule has 0 unspecified atom stereocenters. The van der Waals surface area contributed by atoms with Gasteiger partial charge in [0.25, 0.3) is 0 Å². The Hall–Kier alpha value is -2.73. The van der Waals surface area contributed by atoms with Crippen LogP contribution < -0.4 is 5.32 Å². The summed E-state index contributed by atoms with van der Waals surface area (Å²) < 4.78 is 14.6. The fourth-order valence-electron chi connectivity index (χ4n) is 3.60. The molecule has 1 aliphatic heterocycles. The topological polar surface area (TPSA) is 49.4 Å². The van der Waals surface area contributed by atoms with Crippen LogP contribution in [0.3, 0.4) is 0 Å². The number of hydrogen-bond acceptors (Lipinski definition) is 3. The van der Waals surface area contributed by atoms with E-state index in [1.807, 2.05) is 6.07 Å². The van der Waals surface area contributed by atoms with Crippen LogP contribution in [0.1, 0.15) is 24.0 Å². The molecule has 1 saturated heterocycles. The van der Waals surface area contributed by atoms with Gasteiger partial charge in [-0.05, 0) is 58.6 Å². The second kappa shape index (κ2) is 8.10. The maximum absolute atomic E-state index is 13.4. The van der Waals surface area contributed by atoms with Crippen molar-refractivity contribution in [2.75, 3.05) is 6.54 Å². The lowest BCUT2D eigenvalue weighted by atomic mass is 9.96. The molecule has 1 atom stereocenters. The van der Waals surface area contributed by atoms with Crippen molar-refractivity contribution in [2.24, 2.45) is 5.92 Å². The minimum atomic E-state index is -0.321. The van der Waals surface area contributed by atoms with Crippen LogP contribution >= 0.6 is 11.3 Å². The Labute approximate surface area is 167 Å². The number of piperidine rings is 1. The van der Waals surface area contributed by atoms with Gasteiger partial charge in [0.1, 0.15) is 5.82 Å². The summed E-state index contributed by atoms with van der Waals surface area (Å²) in [7, 11) is 0. The van der Waals surface area contributed by atoms with Gasteiger partial charge < -0.3 is 10.2 Å². The van der Waals surface area contributed by atoms with E-state index in [2.05, 4.69) is 28.9 Å². The number of nitrogens with zero attached hydrogens (tertiary/aromatic N) is 1. The van der Waals surface area contributed by atoms with Crippen molar-refractivity contribution in [1.82, 2.24) is 10.2 Å². The molecule has 1 N–H and O–H groups in total. The van der Waals surface area contributed by atoms with Gasteiger partial charge in [0.2, 0.25) is 11.8 Å². The number of halogens is 1. The van der Waals surface area contributed by atoms with E-state index in [-0.39, 0.29) is 23.5 Å². The molecule has 4 rings (SSSR count). The number of fused-ring (bicyclic) bond motifs is 1. The monoisotopic (exact) mass is 396 g/mol. The molecule has 2 amide bonds. The highest BCUT2D eigenvalue weighted by atomic mass is 32.1. The second-order valence-corrected chi connectivity index (χ2v) is 8.10. The van der Waals surface area contributed by atoms with Gasteiger partial charge in [-0.2, -0.15) is 0 Å². The van der Waals surface area contributed by atoms with Crippen LogP contribution in [0.2, 0.25) is 0 Å². The predicted octanol–water partition coefficient (Wildman–Crippen LogP) is 4.10. The first kappa shape index (κ1) is 18.6. The first-order chi connectivity index (χ1) is 13.6. The normalized spacial score (nSPS) is 17.1. The molecule has 4 nitrogen and oxygen atoms in total. The highest BCUT2D eigenvalue weighted by Crippen LogP contribution is 2.23. The molecule has 0 saturated carbocycles. The number of nitrogens with one attached hydrogen (secondary N) is 1. The van der Waals surface area contributed by atoms with Gasteiger partial charge in [0, 0.05) is 30.8 Å². The lowest BCUT2D eigenvalue weighted by Crippen LogP contribution is -2.45. The second-order valence-electron chi connectivity index (χ2n) is 7.15. The van der Waals surface area contributed by atoms with E-state index < -0.39 is 0 Å². The molecule has 1 fully saturated rings. The largest absolute Gasteiger partial charge is 0.352 e. The Morgan fingerprint density at radius 1 is 1.18 bits per heavy atom. The van der Waals surface area contributed by atoms with Crippen LogP contribution in [-0.4, -0.2) is 23.3 Å². The molecule has 0 aliphatic carbocycles. The Morgan fingerprint density at radius 2 is 2.07 bits per heavy atom. The van der Waals surface area contributed by atoms with Gasteiger partial charge in [-0.15, -0.1) is 11.3 Å². The smallest absolute Gasteiger partial charge is 0.225 e. The van der Waals surface area contributed by atoms with Gasteiger partial charge >= 0.3 is 0 Å². The van der Waals surface area contributed by atoms with Crippen LogP contribution in [0.25, 0.3) is 10.1 Å². The summed E-state index contributed by atoms with van der Waals surface area (Å²) in [4.78, 5) is 26.5. The highest BCUT2D eigenvalue weighted by molar-refractivity contribution is 7.17. The lowest BCUT2D eigenvalue weighted by molar-refractivity contribution is -0.139. The van der Waals surface area contributed by atoms with Gasteiger partial charge in [-0.3, -0.25) is 9.59 Å². The van der Waals surface area contributed by atoms with Crippen molar-refractivity contribution in [2.45, 2.75) is 25.9 Å². The molecule has 2 aromatic carbocycles. The zero-order valence-electron chi connectivity index (χ0n) is 15.4. The number of benzene rings is 2. The third-order valence-electron chi connectivity index (χ3n) is 5.12. The molecule has 0 bridgehead atoms. The third-order valence-corrected chi connectivity index (χ3v) is 6.01. The van der Waals surface area contributed by atoms with E-state index >= 15 is 0 Å². The molecular formula is C22H21FN2O2S. The molecule has 3 aromatic rings. The standard InChI is InChI=1S/C22H21FN2O2S/c23-19-3-1-2-16(11-19)13-25-14-18(5-7-21(25)26)22(27)24-12-15-4-6-20-17(10-15)8-9-28-20/h1-4,6,8-11,18H,5,7,12-14H2,(H,24,27)/t18-/m0/s1. The first-order valence-electron chi connectivity index (χ1n) is 9.34. The summed E-state index contributed by atoms with van der Waals surface area (Å²) in [6.07, 6.45) is 0.891. The molecule has 144 valence electrons. The van der Waals surface area contributed by atoms with Crippen LogP contribution in [0.4, 0.5) is 4.39 Å². The van der Waals surface area contributed by atoms with Crippen LogP contribution in [0.15, 0.2) is 53.9 Å². The van der Waals surface area contributed by atoms with Crippen molar-refractivity contribution in [1.29, 1.82) is 0 Å². The molecule has 2 heterocycles. The maximum Gasteiger partial charge on any atom is 0.225 e.